The molecule has 0 aliphatic carbocycles. The van der Waals surface area contributed by atoms with Crippen molar-refractivity contribution in [3.8, 4) is 11.5 Å². The van der Waals surface area contributed by atoms with Gasteiger partial charge in [-0.3, -0.25) is 5.04 Å². The standard InChI is InChI=1S/C9H11ClO7S2.Na/c1-6-4-7(18-17-16-12)5-8(11)9(6)15-19(13,14)3-2-10;/h4-5,11-12H,2-3H2,1H3;/q;+1/p-1. The minimum absolute atomic E-state index is 0. The molecule has 108 valence electrons. The van der Waals surface area contributed by atoms with Crippen LogP contribution in [0, 0.1) is 6.92 Å². The molecule has 1 aromatic rings. The van der Waals surface area contributed by atoms with Crippen molar-refractivity contribution in [2.45, 2.75) is 11.8 Å². The van der Waals surface area contributed by atoms with Gasteiger partial charge in [-0.2, -0.15) is 12.8 Å². The summed E-state index contributed by atoms with van der Waals surface area (Å²) in [6.45, 7) is 1.52. The number of aromatic hydroxyl groups is 1. The van der Waals surface area contributed by atoms with Crippen LogP contribution >= 0.6 is 23.6 Å². The molecule has 0 fully saturated rings. The Bertz CT molecular complexity index is 514. The van der Waals surface area contributed by atoms with Gasteiger partial charge in [-0.05, 0) is 24.6 Å². The van der Waals surface area contributed by atoms with E-state index in [-0.39, 0.29) is 46.9 Å². The van der Waals surface area contributed by atoms with Gasteiger partial charge in [0.2, 0.25) is 0 Å². The van der Waals surface area contributed by atoms with Crippen LogP contribution in [0.25, 0.3) is 0 Å². The molecule has 0 aromatic heterocycles. The Kier molecular flexibility index (Phi) is 9.47. The molecule has 0 aliphatic heterocycles. The number of aryl methyl sites for hydroxylation is 1. The number of rotatable bonds is 7. The summed E-state index contributed by atoms with van der Waals surface area (Å²) < 4.78 is 31.7. The van der Waals surface area contributed by atoms with E-state index in [1.807, 2.05) is 0 Å². The third kappa shape index (κ3) is 6.37. The molecule has 20 heavy (non-hydrogen) atoms. The molecule has 0 aliphatic rings. The number of phenolic OH excluding ortho intramolecular Hbond substituents is 1. The number of halogens is 1. The van der Waals surface area contributed by atoms with Crippen molar-refractivity contribution in [2.24, 2.45) is 0 Å². The van der Waals surface area contributed by atoms with Gasteiger partial charge >= 0.3 is 39.7 Å². The number of phenols is 1. The predicted octanol–water partition coefficient (Wildman–Crippen LogP) is -2.12. The van der Waals surface area contributed by atoms with E-state index in [1.54, 1.807) is 0 Å². The Morgan fingerprint density at radius 1 is 1.45 bits per heavy atom. The summed E-state index contributed by atoms with van der Waals surface area (Å²) >= 11 is 5.89. The molecule has 0 heterocycles. The maximum atomic E-state index is 11.5. The fourth-order valence-corrected chi connectivity index (χ4v) is 3.00. The summed E-state index contributed by atoms with van der Waals surface area (Å²) in [5, 5.41) is 22.5. The largest absolute Gasteiger partial charge is 1.00 e. The van der Waals surface area contributed by atoms with E-state index >= 15 is 0 Å². The predicted molar refractivity (Wildman–Crippen MR) is 66.0 cm³/mol. The van der Waals surface area contributed by atoms with E-state index in [9.17, 15) is 18.8 Å². The van der Waals surface area contributed by atoms with Crippen LogP contribution in [0.3, 0.4) is 0 Å². The van der Waals surface area contributed by atoms with Crippen LogP contribution in [0.4, 0.5) is 0 Å². The maximum absolute atomic E-state index is 11.5. The molecule has 0 spiro atoms. The molecule has 0 amide bonds. The second kappa shape index (κ2) is 9.34. The van der Waals surface area contributed by atoms with Crippen LogP contribution in [0.2, 0.25) is 0 Å². The Hall–Kier alpha value is 0.290. The number of hydrogen-bond donors (Lipinski definition) is 1. The smallest absolute Gasteiger partial charge is 0.691 e. The van der Waals surface area contributed by atoms with Gasteiger partial charge < -0.3 is 14.5 Å². The molecule has 0 radical (unpaired) electrons. The van der Waals surface area contributed by atoms with Crippen molar-refractivity contribution in [3.63, 3.8) is 0 Å². The SMILES string of the molecule is Cc1cc(SOO[O-])cc(O)c1OS(=O)(=O)CCCl.[Na+]. The number of hydrogen-bond acceptors (Lipinski definition) is 8. The van der Waals surface area contributed by atoms with Gasteiger partial charge in [0.25, 0.3) is 0 Å². The topological polar surface area (TPSA) is 105 Å². The molecule has 11 heteroatoms. The summed E-state index contributed by atoms with van der Waals surface area (Å²) in [4.78, 5) is 0.341. The second-order valence-electron chi connectivity index (χ2n) is 3.34. The molecule has 0 saturated carbocycles. The first-order chi connectivity index (χ1) is 8.89. The van der Waals surface area contributed by atoms with Crippen LogP contribution < -0.4 is 39.0 Å². The monoisotopic (exact) mass is 352 g/mol. The summed E-state index contributed by atoms with van der Waals surface area (Å²) in [5.41, 5.74) is 0.343. The molecular formula is C9H10ClNaO7S2. The fraction of sp³-hybridized carbons (Fsp3) is 0.333. The van der Waals surface area contributed by atoms with Crippen LogP contribution in [-0.2, 0) is 19.5 Å². The molecule has 1 N–H and O–H groups in total. The Labute approximate surface area is 147 Å². The first kappa shape index (κ1) is 20.3. The molecule has 7 nitrogen and oxygen atoms in total. The van der Waals surface area contributed by atoms with Crippen LogP contribution in [0.15, 0.2) is 17.0 Å². The van der Waals surface area contributed by atoms with E-state index in [0.29, 0.717) is 22.5 Å². The molecule has 0 atom stereocenters. The summed E-state index contributed by atoms with van der Waals surface area (Å²) in [6.07, 6.45) is 0. The first-order valence-corrected chi connectivity index (χ1v) is 7.70. The first-order valence-electron chi connectivity index (χ1n) is 4.84. The minimum atomic E-state index is -3.86. The van der Waals surface area contributed by atoms with Gasteiger partial charge in [-0.25, -0.2) is 0 Å². The number of alkyl halides is 1. The normalized spacial score (nSPS) is 10.9. The zero-order chi connectivity index (χ0) is 14.5. The average Bonchev–Trinajstić information content (AvgIpc) is 2.31. The fourth-order valence-electron chi connectivity index (χ4n) is 1.20. The van der Waals surface area contributed by atoms with Gasteiger partial charge in [-0.1, -0.05) is 0 Å². The maximum Gasteiger partial charge on any atom is 1.00 e. The van der Waals surface area contributed by atoms with Gasteiger partial charge in [0, 0.05) is 10.8 Å². The second-order valence-corrected chi connectivity index (χ2v) is 6.18. The van der Waals surface area contributed by atoms with Crippen molar-refractivity contribution >= 4 is 33.8 Å². The van der Waals surface area contributed by atoms with Crippen molar-refractivity contribution in [1.82, 2.24) is 0 Å². The summed E-state index contributed by atoms with van der Waals surface area (Å²) in [7, 11) is -3.86. The van der Waals surface area contributed by atoms with Crippen molar-refractivity contribution in [2.75, 3.05) is 11.6 Å². The molecular weight excluding hydrogens is 343 g/mol. The zero-order valence-electron chi connectivity index (χ0n) is 10.7. The molecule has 1 aromatic carbocycles. The Morgan fingerprint density at radius 3 is 2.60 bits per heavy atom. The van der Waals surface area contributed by atoms with Crippen molar-refractivity contribution in [3.05, 3.63) is 17.7 Å². The van der Waals surface area contributed by atoms with Crippen LogP contribution in [0.5, 0.6) is 11.5 Å². The third-order valence-electron chi connectivity index (χ3n) is 1.92. The van der Waals surface area contributed by atoms with Crippen LogP contribution in [0.1, 0.15) is 5.56 Å². The Balaban J connectivity index is 0.00000361. The minimum Gasteiger partial charge on any atom is -0.691 e. The van der Waals surface area contributed by atoms with Crippen molar-refractivity contribution < 1.29 is 61.9 Å². The van der Waals surface area contributed by atoms with E-state index < -0.39 is 15.9 Å². The van der Waals surface area contributed by atoms with Crippen LogP contribution in [-0.4, -0.2) is 25.2 Å². The number of benzene rings is 1. The molecule has 0 bridgehead atoms. The summed E-state index contributed by atoms with van der Waals surface area (Å²) in [6, 6.07) is 2.62. The van der Waals surface area contributed by atoms with E-state index in [1.165, 1.54) is 19.1 Å². The summed E-state index contributed by atoms with van der Waals surface area (Å²) in [5.74, 6) is -1.10. The van der Waals surface area contributed by atoms with Crippen molar-refractivity contribution in [1.29, 1.82) is 0 Å². The Morgan fingerprint density at radius 2 is 2.10 bits per heavy atom. The van der Waals surface area contributed by atoms with Gasteiger partial charge in [-0.15, -0.1) is 11.6 Å². The van der Waals surface area contributed by atoms with E-state index in [2.05, 4.69) is 9.37 Å². The third-order valence-corrected chi connectivity index (χ3v) is 4.01. The van der Waals surface area contributed by atoms with E-state index in [4.69, 9.17) is 15.8 Å². The average molecular weight is 353 g/mol. The zero-order valence-corrected chi connectivity index (χ0v) is 15.0. The molecule has 0 unspecified atom stereocenters. The molecule has 1 rings (SSSR count). The molecule has 0 saturated heterocycles. The quantitative estimate of drug-likeness (QED) is 0.148. The van der Waals surface area contributed by atoms with E-state index in [0.717, 1.165) is 0 Å². The van der Waals surface area contributed by atoms with Gasteiger partial charge in [0.1, 0.15) is 0 Å². The van der Waals surface area contributed by atoms with Gasteiger partial charge in [0.15, 0.2) is 11.5 Å². The van der Waals surface area contributed by atoms with Gasteiger partial charge in [0.05, 0.1) is 17.8 Å².